The van der Waals surface area contributed by atoms with Gasteiger partial charge in [0, 0.05) is 38.2 Å². The summed E-state index contributed by atoms with van der Waals surface area (Å²) in [6.07, 6.45) is 0. The first-order valence-electron chi connectivity index (χ1n) is 21.8. The van der Waals surface area contributed by atoms with Gasteiger partial charge in [0.2, 0.25) is 0 Å². The Morgan fingerprint density at radius 2 is 0.844 bits per heavy atom. The molecule has 13 rings (SSSR count). The SMILES string of the molecule is c1ccc(-c2ccc(-c3nc4ccccc4nc3-n3c4cccc(-c5cccc6c5c5ccccc5n6-c5cccc(-c6ccccc6)c5)c4c4ccc5ccccc5c43)cc2)cc1. The summed E-state index contributed by atoms with van der Waals surface area (Å²) in [7, 11) is 0. The molecule has 13 aromatic rings. The van der Waals surface area contributed by atoms with Crippen LogP contribution >= 0.6 is 0 Å². The maximum Gasteiger partial charge on any atom is 0.165 e. The summed E-state index contributed by atoms with van der Waals surface area (Å²) in [5, 5.41) is 7.12. The number of para-hydroxylation sites is 3. The molecule has 298 valence electrons. The summed E-state index contributed by atoms with van der Waals surface area (Å²) >= 11 is 0. The Morgan fingerprint density at radius 1 is 0.312 bits per heavy atom. The van der Waals surface area contributed by atoms with Crippen LogP contribution in [-0.4, -0.2) is 19.1 Å². The third-order valence-corrected chi connectivity index (χ3v) is 12.9. The molecule has 0 bridgehead atoms. The Bertz CT molecular complexity index is 3940. The third kappa shape index (κ3) is 5.63. The van der Waals surface area contributed by atoms with Gasteiger partial charge in [0.1, 0.15) is 5.69 Å². The molecule has 0 fully saturated rings. The molecule has 0 amide bonds. The summed E-state index contributed by atoms with van der Waals surface area (Å²) in [4.78, 5) is 11.0. The van der Waals surface area contributed by atoms with Crippen molar-refractivity contribution in [2.45, 2.75) is 0 Å². The van der Waals surface area contributed by atoms with Crippen LogP contribution in [0.2, 0.25) is 0 Å². The van der Waals surface area contributed by atoms with E-state index in [1.165, 1.54) is 60.3 Å². The zero-order chi connectivity index (χ0) is 42.1. The standard InChI is InChI=1S/C60H38N4/c1-3-16-39(17-4-1)41-32-34-43(35-33-41)58-60(62-52-28-11-10-27-51(52)61-58)64-55-31-15-26-48(57(55)50-37-36-42-20-7-8-23-46(42)59(50)64)47-25-14-30-54-56(47)49-24-9-12-29-53(49)63(54)45-22-13-21-44(38-45)40-18-5-2-6-19-40/h1-38H. The lowest BCUT2D eigenvalue weighted by atomic mass is 9.95. The van der Waals surface area contributed by atoms with E-state index in [0.29, 0.717) is 0 Å². The van der Waals surface area contributed by atoms with Crippen molar-refractivity contribution in [2.24, 2.45) is 0 Å². The van der Waals surface area contributed by atoms with Gasteiger partial charge < -0.3 is 4.57 Å². The molecule has 0 N–H and O–H groups in total. The highest BCUT2D eigenvalue weighted by molar-refractivity contribution is 6.25. The zero-order valence-electron chi connectivity index (χ0n) is 34.7. The minimum Gasteiger partial charge on any atom is -0.309 e. The van der Waals surface area contributed by atoms with E-state index < -0.39 is 0 Å². The first-order valence-corrected chi connectivity index (χ1v) is 21.8. The van der Waals surface area contributed by atoms with Crippen LogP contribution in [0.25, 0.3) is 122 Å². The first kappa shape index (κ1) is 36.1. The van der Waals surface area contributed by atoms with Crippen LogP contribution < -0.4 is 0 Å². The molecule has 0 radical (unpaired) electrons. The van der Waals surface area contributed by atoms with Crippen LogP contribution in [0.5, 0.6) is 0 Å². The molecule has 0 spiro atoms. The zero-order valence-corrected chi connectivity index (χ0v) is 34.7. The van der Waals surface area contributed by atoms with E-state index in [4.69, 9.17) is 9.97 Å². The molecule has 0 aliphatic carbocycles. The van der Waals surface area contributed by atoms with Crippen molar-refractivity contribution in [3.05, 3.63) is 231 Å². The van der Waals surface area contributed by atoms with Crippen LogP contribution in [0.15, 0.2) is 231 Å². The Labute approximate surface area is 369 Å². The van der Waals surface area contributed by atoms with Crippen LogP contribution in [0.4, 0.5) is 0 Å². The van der Waals surface area contributed by atoms with E-state index in [0.717, 1.165) is 61.3 Å². The second-order valence-electron chi connectivity index (χ2n) is 16.5. The van der Waals surface area contributed by atoms with Gasteiger partial charge in [-0.2, -0.15) is 0 Å². The highest BCUT2D eigenvalue weighted by Crippen LogP contribution is 2.46. The summed E-state index contributed by atoms with van der Waals surface area (Å²) in [5.41, 5.74) is 16.3. The maximum atomic E-state index is 5.54. The van der Waals surface area contributed by atoms with Gasteiger partial charge in [0.15, 0.2) is 5.82 Å². The average molecular weight is 815 g/mol. The molecule has 0 unspecified atom stereocenters. The highest BCUT2D eigenvalue weighted by atomic mass is 15.1. The fraction of sp³-hybridized carbons (Fsp3) is 0. The van der Waals surface area contributed by atoms with Crippen LogP contribution in [0.3, 0.4) is 0 Å². The van der Waals surface area contributed by atoms with Crippen LogP contribution in [0, 0.1) is 0 Å². The van der Waals surface area contributed by atoms with Crippen molar-refractivity contribution in [3.8, 4) is 56.1 Å². The molecule has 4 nitrogen and oxygen atoms in total. The topological polar surface area (TPSA) is 35.6 Å². The quantitative estimate of drug-likeness (QED) is 0.168. The molecule has 0 aliphatic rings. The molecule has 0 aliphatic heterocycles. The van der Waals surface area contributed by atoms with Crippen molar-refractivity contribution >= 4 is 65.4 Å². The number of hydrogen-bond acceptors (Lipinski definition) is 2. The Morgan fingerprint density at radius 3 is 1.59 bits per heavy atom. The van der Waals surface area contributed by atoms with E-state index in [-0.39, 0.29) is 0 Å². The molecular formula is C60H38N4. The number of hydrogen-bond donors (Lipinski definition) is 0. The highest BCUT2D eigenvalue weighted by Gasteiger charge is 2.24. The third-order valence-electron chi connectivity index (χ3n) is 12.9. The number of nitrogens with zero attached hydrogens (tertiary/aromatic N) is 4. The molecule has 3 aromatic heterocycles. The minimum absolute atomic E-state index is 0.799. The fourth-order valence-corrected chi connectivity index (χ4v) is 10.0. The largest absolute Gasteiger partial charge is 0.309 e. The summed E-state index contributed by atoms with van der Waals surface area (Å²) in [6.45, 7) is 0. The molecule has 10 aromatic carbocycles. The molecule has 0 atom stereocenters. The van der Waals surface area contributed by atoms with E-state index in [2.05, 4.69) is 228 Å². The lowest BCUT2D eigenvalue weighted by molar-refractivity contribution is 1.08. The fourth-order valence-electron chi connectivity index (χ4n) is 10.0. The van der Waals surface area contributed by atoms with Crippen LogP contribution in [-0.2, 0) is 0 Å². The predicted octanol–water partition coefficient (Wildman–Crippen LogP) is 15.6. The maximum absolute atomic E-state index is 5.54. The average Bonchev–Trinajstić information content (AvgIpc) is 3.90. The summed E-state index contributed by atoms with van der Waals surface area (Å²) in [5.74, 6) is 0.799. The monoisotopic (exact) mass is 814 g/mol. The second kappa shape index (κ2) is 14.5. The van der Waals surface area contributed by atoms with Gasteiger partial charge in [0.05, 0.1) is 33.1 Å². The van der Waals surface area contributed by atoms with Gasteiger partial charge in [0.25, 0.3) is 0 Å². The van der Waals surface area contributed by atoms with Gasteiger partial charge in [-0.3, -0.25) is 4.57 Å². The van der Waals surface area contributed by atoms with Gasteiger partial charge in [-0.15, -0.1) is 0 Å². The van der Waals surface area contributed by atoms with E-state index in [9.17, 15) is 0 Å². The smallest absolute Gasteiger partial charge is 0.165 e. The van der Waals surface area contributed by atoms with Gasteiger partial charge in [-0.25, -0.2) is 9.97 Å². The normalized spacial score (nSPS) is 11.8. The number of fused-ring (bicyclic) bond motifs is 9. The van der Waals surface area contributed by atoms with E-state index in [1.807, 2.05) is 12.1 Å². The van der Waals surface area contributed by atoms with Crippen molar-refractivity contribution in [3.63, 3.8) is 0 Å². The predicted molar refractivity (Wildman–Crippen MR) is 267 cm³/mol. The second-order valence-corrected chi connectivity index (χ2v) is 16.5. The number of aromatic nitrogens is 4. The van der Waals surface area contributed by atoms with Gasteiger partial charge in [-0.1, -0.05) is 188 Å². The lowest BCUT2D eigenvalue weighted by Crippen LogP contribution is -2.04. The van der Waals surface area contributed by atoms with Crippen LogP contribution in [0.1, 0.15) is 0 Å². The summed E-state index contributed by atoms with van der Waals surface area (Å²) in [6, 6.07) is 82.7. The molecule has 3 heterocycles. The van der Waals surface area contributed by atoms with Crippen molar-refractivity contribution in [2.75, 3.05) is 0 Å². The Kier molecular flexibility index (Phi) is 8.18. The lowest BCUT2D eigenvalue weighted by Gasteiger charge is -2.15. The van der Waals surface area contributed by atoms with Crippen molar-refractivity contribution < 1.29 is 0 Å². The first-order chi connectivity index (χ1) is 31.8. The van der Waals surface area contributed by atoms with Gasteiger partial charge in [-0.05, 0) is 81.2 Å². The van der Waals surface area contributed by atoms with E-state index >= 15 is 0 Å². The summed E-state index contributed by atoms with van der Waals surface area (Å²) < 4.78 is 4.81. The Hall–Kier alpha value is -8.60. The minimum atomic E-state index is 0.799. The molecule has 4 heteroatoms. The Balaban J connectivity index is 1.10. The molecular weight excluding hydrogens is 777 g/mol. The molecule has 0 saturated heterocycles. The van der Waals surface area contributed by atoms with E-state index in [1.54, 1.807) is 0 Å². The van der Waals surface area contributed by atoms with Gasteiger partial charge >= 0.3 is 0 Å². The van der Waals surface area contributed by atoms with Crippen molar-refractivity contribution in [1.82, 2.24) is 19.1 Å². The number of benzene rings is 10. The molecule has 64 heavy (non-hydrogen) atoms. The molecule has 0 saturated carbocycles. The number of rotatable bonds is 6. The van der Waals surface area contributed by atoms with Crippen molar-refractivity contribution in [1.29, 1.82) is 0 Å².